The normalized spacial score (nSPS) is 20.0. The molecule has 20 heavy (non-hydrogen) atoms. The summed E-state index contributed by atoms with van der Waals surface area (Å²) in [5, 5.41) is 12.1. The van der Waals surface area contributed by atoms with Crippen LogP contribution in [0.5, 0.6) is 0 Å². The number of carbonyl (C=O) groups excluding carboxylic acids is 1. The molecule has 0 radical (unpaired) electrons. The van der Waals surface area contributed by atoms with Crippen LogP contribution in [0.25, 0.3) is 0 Å². The van der Waals surface area contributed by atoms with E-state index in [1.54, 1.807) is 0 Å². The highest BCUT2D eigenvalue weighted by molar-refractivity contribution is 5.68. The van der Waals surface area contributed by atoms with Crippen molar-refractivity contribution in [3.8, 4) is 0 Å². The molecular weight excluding hydrogens is 256 g/mol. The smallest absolute Gasteiger partial charge is 0.410 e. The molecule has 1 atom stereocenters. The maximum Gasteiger partial charge on any atom is 0.410 e. The summed E-state index contributed by atoms with van der Waals surface area (Å²) in [4.78, 5) is 14.1. The lowest BCUT2D eigenvalue weighted by atomic mass is 10.0. The second-order valence-electron chi connectivity index (χ2n) is 6.46. The summed E-state index contributed by atoms with van der Waals surface area (Å²) in [5.74, 6) is 0. The Hall–Kier alpha value is -0.810. The molecule has 5 nitrogen and oxygen atoms in total. The van der Waals surface area contributed by atoms with Crippen LogP contribution in [0.2, 0.25) is 0 Å². The van der Waals surface area contributed by atoms with Crippen LogP contribution in [0.4, 0.5) is 4.79 Å². The molecule has 5 heteroatoms. The number of nitrogens with one attached hydrogen (secondary N) is 1. The topological polar surface area (TPSA) is 61.8 Å². The van der Waals surface area contributed by atoms with Crippen molar-refractivity contribution in [2.45, 2.75) is 64.5 Å². The van der Waals surface area contributed by atoms with Crippen LogP contribution < -0.4 is 5.32 Å². The third-order valence-electron chi connectivity index (χ3n) is 3.40. The maximum absolute atomic E-state index is 12.2. The van der Waals surface area contributed by atoms with Crippen molar-refractivity contribution in [3.05, 3.63) is 0 Å². The molecule has 0 aliphatic carbocycles. The Kier molecular flexibility index (Phi) is 7.30. The second-order valence-corrected chi connectivity index (χ2v) is 6.46. The number of hydrogen-bond acceptors (Lipinski definition) is 4. The SMILES string of the molecule is CC(C)(C)OC(=O)N1CCCCC1CNCCCCO. The molecule has 1 saturated heterocycles. The van der Waals surface area contributed by atoms with Crippen molar-refractivity contribution in [2.24, 2.45) is 0 Å². The Morgan fingerprint density at radius 3 is 2.75 bits per heavy atom. The molecule has 1 fully saturated rings. The quantitative estimate of drug-likeness (QED) is 0.734. The zero-order valence-corrected chi connectivity index (χ0v) is 13.2. The van der Waals surface area contributed by atoms with Crippen molar-refractivity contribution in [3.63, 3.8) is 0 Å². The molecule has 1 heterocycles. The zero-order chi connectivity index (χ0) is 15.0. The molecule has 118 valence electrons. The van der Waals surface area contributed by atoms with Crippen molar-refractivity contribution in [2.75, 3.05) is 26.2 Å². The van der Waals surface area contributed by atoms with Crippen LogP contribution >= 0.6 is 0 Å². The van der Waals surface area contributed by atoms with Gasteiger partial charge in [-0.15, -0.1) is 0 Å². The highest BCUT2D eigenvalue weighted by atomic mass is 16.6. The molecule has 1 aliphatic rings. The van der Waals surface area contributed by atoms with Crippen molar-refractivity contribution in [1.82, 2.24) is 10.2 Å². The fourth-order valence-corrected chi connectivity index (χ4v) is 2.40. The minimum absolute atomic E-state index is 0.195. The summed E-state index contributed by atoms with van der Waals surface area (Å²) in [6, 6.07) is 0.229. The van der Waals surface area contributed by atoms with Gasteiger partial charge in [-0.2, -0.15) is 0 Å². The molecule has 0 bridgehead atoms. The molecule has 2 N–H and O–H groups in total. The predicted octanol–water partition coefficient (Wildman–Crippen LogP) is 2.14. The number of rotatable bonds is 6. The summed E-state index contributed by atoms with van der Waals surface area (Å²) in [5.41, 5.74) is -0.437. The molecule has 0 aromatic heterocycles. The number of unbranched alkanes of at least 4 members (excludes halogenated alkanes) is 1. The van der Waals surface area contributed by atoms with Crippen molar-refractivity contribution < 1.29 is 14.6 Å². The number of likely N-dealkylation sites (tertiary alicyclic amines) is 1. The number of aliphatic hydroxyl groups excluding tert-OH is 1. The van der Waals surface area contributed by atoms with Gasteiger partial charge in [-0.25, -0.2) is 4.79 Å². The molecular formula is C15H30N2O3. The molecule has 1 aliphatic heterocycles. The van der Waals surface area contributed by atoms with Crippen LogP contribution in [-0.4, -0.2) is 54.0 Å². The number of carbonyl (C=O) groups is 1. The second kappa shape index (κ2) is 8.47. The Labute approximate surface area is 122 Å². The molecule has 0 aromatic carbocycles. The fraction of sp³-hybridized carbons (Fsp3) is 0.933. The van der Waals surface area contributed by atoms with E-state index < -0.39 is 5.60 Å². The first-order chi connectivity index (χ1) is 9.44. The van der Waals surface area contributed by atoms with E-state index >= 15 is 0 Å². The standard InChI is InChI=1S/C15H30N2O3/c1-15(2,3)20-14(19)17-10-6-4-8-13(17)12-16-9-5-7-11-18/h13,16,18H,4-12H2,1-3H3. The van der Waals surface area contributed by atoms with Gasteiger partial charge in [0.15, 0.2) is 0 Å². The van der Waals surface area contributed by atoms with Gasteiger partial charge >= 0.3 is 6.09 Å². The summed E-state index contributed by atoms with van der Waals surface area (Å²) in [6.07, 6.45) is 4.86. The van der Waals surface area contributed by atoms with Crippen molar-refractivity contribution in [1.29, 1.82) is 0 Å². The first-order valence-corrected chi connectivity index (χ1v) is 7.75. The van der Waals surface area contributed by atoms with E-state index in [2.05, 4.69) is 5.32 Å². The van der Waals surface area contributed by atoms with Gasteiger partial charge in [0, 0.05) is 25.7 Å². The van der Waals surface area contributed by atoms with Crippen LogP contribution in [0.1, 0.15) is 52.9 Å². The van der Waals surface area contributed by atoms with Gasteiger partial charge in [0.1, 0.15) is 5.60 Å². The third kappa shape index (κ3) is 6.57. The Morgan fingerprint density at radius 2 is 2.10 bits per heavy atom. The highest BCUT2D eigenvalue weighted by Gasteiger charge is 2.29. The molecule has 0 spiro atoms. The summed E-state index contributed by atoms with van der Waals surface area (Å²) >= 11 is 0. The van der Waals surface area contributed by atoms with E-state index in [9.17, 15) is 4.79 Å². The monoisotopic (exact) mass is 286 g/mol. The minimum Gasteiger partial charge on any atom is -0.444 e. The average molecular weight is 286 g/mol. The average Bonchev–Trinajstić information content (AvgIpc) is 2.37. The summed E-state index contributed by atoms with van der Waals surface area (Å²) in [7, 11) is 0. The van der Waals surface area contributed by atoms with Gasteiger partial charge in [0.2, 0.25) is 0 Å². The summed E-state index contributed by atoms with van der Waals surface area (Å²) < 4.78 is 5.48. The molecule has 1 rings (SSSR count). The number of piperidine rings is 1. The fourth-order valence-electron chi connectivity index (χ4n) is 2.40. The van der Waals surface area contributed by atoms with Gasteiger partial charge in [-0.1, -0.05) is 0 Å². The van der Waals surface area contributed by atoms with E-state index in [1.807, 2.05) is 25.7 Å². The van der Waals surface area contributed by atoms with Gasteiger partial charge in [-0.3, -0.25) is 0 Å². The third-order valence-corrected chi connectivity index (χ3v) is 3.40. The van der Waals surface area contributed by atoms with Crippen molar-refractivity contribution >= 4 is 6.09 Å². The zero-order valence-electron chi connectivity index (χ0n) is 13.2. The predicted molar refractivity (Wildman–Crippen MR) is 79.8 cm³/mol. The van der Waals surface area contributed by atoms with Crippen LogP contribution in [-0.2, 0) is 4.74 Å². The number of ether oxygens (including phenoxy) is 1. The molecule has 1 unspecified atom stereocenters. The lowest BCUT2D eigenvalue weighted by Gasteiger charge is -2.37. The van der Waals surface area contributed by atoms with Gasteiger partial charge in [0.25, 0.3) is 0 Å². The van der Waals surface area contributed by atoms with Crippen LogP contribution in [0.15, 0.2) is 0 Å². The first-order valence-electron chi connectivity index (χ1n) is 7.75. The number of nitrogens with zero attached hydrogens (tertiary/aromatic N) is 1. The number of hydrogen-bond donors (Lipinski definition) is 2. The van der Waals surface area contributed by atoms with Crippen LogP contribution in [0.3, 0.4) is 0 Å². The number of aliphatic hydroxyl groups is 1. The van der Waals surface area contributed by atoms with E-state index in [-0.39, 0.29) is 18.7 Å². The minimum atomic E-state index is -0.437. The number of amides is 1. The van der Waals surface area contributed by atoms with E-state index in [0.29, 0.717) is 0 Å². The largest absolute Gasteiger partial charge is 0.444 e. The highest BCUT2D eigenvalue weighted by Crippen LogP contribution is 2.20. The first kappa shape index (κ1) is 17.2. The van der Waals surface area contributed by atoms with Crippen LogP contribution in [0, 0.1) is 0 Å². The summed E-state index contributed by atoms with van der Waals surface area (Å²) in [6.45, 7) is 8.43. The molecule has 0 saturated carbocycles. The van der Waals surface area contributed by atoms with Gasteiger partial charge in [-0.05, 0) is 59.4 Å². The molecule has 0 aromatic rings. The Balaban J connectivity index is 2.39. The lowest BCUT2D eigenvalue weighted by molar-refractivity contribution is 0.00997. The Morgan fingerprint density at radius 1 is 1.35 bits per heavy atom. The van der Waals surface area contributed by atoms with E-state index in [0.717, 1.165) is 45.3 Å². The Bertz CT molecular complexity index is 289. The van der Waals surface area contributed by atoms with Gasteiger partial charge in [0.05, 0.1) is 0 Å². The lowest BCUT2D eigenvalue weighted by Crippen LogP contribution is -2.50. The van der Waals surface area contributed by atoms with Gasteiger partial charge < -0.3 is 20.1 Å². The maximum atomic E-state index is 12.2. The van der Waals surface area contributed by atoms with E-state index in [1.165, 1.54) is 6.42 Å². The van der Waals surface area contributed by atoms with E-state index in [4.69, 9.17) is 9.84 Å². The molecule has 1 amide bonds.